The molecule has 0 aliphatic carbocycles. The summed E-state index contributed by atoms with van der Waals surface area (Å²) in [6, 6.07) is 5.64. The van der Waals surface area contributed by atoms with Gasteiger partial charge in [0.2, 0.25) is 0 Å². The van der Waals surface area contributed by atoms with Crippen molar-refractivity contribution < 1.29 is 9.32 Å². The van der Waals surface area contributed by atoms with Crippen LogP contribution in [0.3, 0.4) is 0 Å². The lowest BCUT2D eigenvalue weighted by Crippen LogP contribution is -2.29. The van der Waals surface area contributed by atoms with Crippen molar-refractivity contribution in [1.82, 2.24) is 20.4 Å². The van der Waals surface area contributed by atoms with Crippen LogP contribution in [0.1, 0.15) is 41.6 Å². The summed E-state index contributed by atoms with van der Waals surface area (Å²) in [5.74, 6) is 1.43. The van der Waals surface area contributed by atoms with Crippen LogP contribution in [0.2, 0.25) is 0 Å². The molecule has 3 heterocycles. The maximum Gasteiger partial charge on any atom is 0.253 e. The zero-order valence-electron chi connectivity index (χ0n) is 15.6. The van der Waals surface area contributed by atoms with Crippen LogP contribution in [0, 0.1) is 0 Å². The van der Waals surface area contributed by atoms with Crippen molar-refractivity contribution in [2.24, 2.45) is 0 Å². The largest absolute Gasteiger partial charge is 0.359 e. The summed E-state index contributed by atoms with van der Waals surface area (Å²) < 4.78 is 5.23. The molecule has 1 amide bonds. The molecule has 0 unspecified atom stereocenters. The molecule has 0 bridgehead atoms. The minimum Gasteiger partial charge on any atom is -0.359 e. The predicted molar refractivity (Wildman–Crippen MR) is 100 cm³/mol. The van der Waals surface area contributed by atoms with Crippen molar-refractivity contribution in [3.63, 3.8) is 0 Å². The standard InChI is InChI=1S/C19H27N5O2/c1-3-5-16-12-17(26-22-16)14-21-19(25)15-6-7-18(20-13-15)24-9-4-8-23(2)10-11-24/h6-7,12-13H,3-5,8-11,14H2,1-2H3,(H,21,25). The lowest BCUT2D eigenvalue weighted by atomic mass is 10.2. The van der Waals surface area contributed by atoms with Crippen molar-refractivity contribution in [3.05, 3.63) is 41.4 Å². The van der Waals surface area contributed by atoms with Gasteiger partial charge in [-0.3, -0.25) is 4.79 Å². The highest BCUT2D eigenvalue weighted by molar-refractivity contribution is 5.93. The van der Waals surface area contributed by atoms with E-state index >= 15 is 0 Å². The van der Waals surface area contributed by atoms with Gasteiger partial charge in [-0.1, -0.05) is 18.5 Å². The van der Waals surface area contributed by atoms with E-state index in [1.54, 1.807) is 6.20 Å². The summed E-state index contributed by atoms with van der Waals surface area (Å²) in [4.78, 5) is 21.4. The fourth-order valence-corrected chi connectivity index (χ4v) is 3.07. The molecule has 140 valence electrons. The summed E-state index contributed by atoms with van der Waals surface area (Å²) in [5, 5.41) is 6.84. The van der Waals surface area contributed by atoms with Crippen molar-refractivity contribution in [2.45, 2.75) is 32.7 Å². The fraction of sp³-hybridized carbons (Fsp3) is 0.526. The fourth-order valence-electron chi connectivity index (χ4n) is 3.07. The van der Waals surface area contributed by atoms with Crippen molar-refractivity contribution in [2.75, 3.05) is 38.1 Å². The number of anilines is 1. The van der Waals surface area contributed by atoms with Gasteiger partial charge in [-0.15, -0.1) is 0 Å². The third kappa shape index (κ3) is 4.82. The predicted octanol–water partition coefficient (Wildman–Crippen LogP) is 2.09. The number of nitrogens with zero attached hydrogens (tertiary/aromatic N) is 4. The summed E-state index contributed by atoms with van der Waals surface area (Å²) in [6.45, 7) is 6.52. The molecule has 7 nitrogen and oxygen atoms in total. The zero-order valence-corrected chi connectivity index (χ0v) is 15.6. The first-order chi connectivity index (χ1) is 12.7. The van der Waals surface area contributed by atoms with Crippen molar-refractivity contribution in [1.29, 1.82) is 0 Å². The molecule has 7 heteroatoms. The Morgan fingerprint density at radius 3 is 2.92 bits per heavy atom. The Balaban J connectivity index is 1.54. The molecule has 3 rings (SSSR count). The molecule has 0 atom stereocenters. The number of hydrogen-bond acceptors (Lipinski definition) is 6. The highest BCUT2D eigenvalue weighted by Crippen LogP contribution is 2.14. The van der Waals surface area contributed by atoms with Crippen LogP contribution in [0.5, 0.6) is 0 Å². The van der Waals surface area contributed by atoms with Gasteiger partial charge in [-0.25, -0.2) is 4.98 Å². The number of aromatic nitrogens is 2. The molecule has 2 aromatic rings. The molecule has 1 fully saturated rings. The van der Waals surface area contributed by atoms with Gasteiger partial charge < -0.3 is 19.6 Å². The van der Waals surface area contributed by atoms with Gasteiger partial charge in [0.15, 0.2) is 5.76 Å². The van der Waals surface area contributed by atoms with E-state index in [9.17, 15) is 4.79 Å². The second-order valence-corrected chi connectivity index (χ2v) is 6.77. The molecule has 2 aromatic heterocycles. The van der Waals surface area contributed by atoms with E-state index in [1.807, 2.05) is 18.2 Å². The van der Waals surface area contributed by atoms with Gasteiger partial charge >= 0.3 is 0 Å². The molecule has 0 saturated carbocycles. The normalized spacial score (nSPS) is 15.7. The van der Waals surface area contributed by atoms with Gasteiger partial charge in [0.1, 0.15) is 5.82 Å². The molecule has 26 heavy (non-hydrogen) atoms. The molecule has 1 N–H and O–H groups in total. The SMILES string of the molecule is CCCc1cc(CNC(=O)c2ccc(N3CCCN(C)CC3)nc2)on1. The lowest BCUT2D eigenvalue weighted by molar-refractivity contribution is 0.0946. The Morgan fingerprint density at radius 1 is 1.27 bits per heavy atom. The van der Waals surface area contributed by atoms with Crippen LogP contribution in [-0.2, 0) is 13.0 Å². The maximum absolute atomic E-state index is 12.3. The lowest BCUT2D eigenvalue weighted by Gasteiger charge is -2.21. The number of aryl methyl sites for hydroxylation is 1. The smallest absolute Gasteiger partial charge is 0.253 e. The topological polar surface area (TPSA) is 74.5 Å². The Labute approximate surface area is 154 Å². The van der Waals surface area contributed by atoms with Crippen molar-refractivity contribution >= 4 is 11.7 Å². The minimum atomic E-state index is -0.159. The number of likely N-dealkylation sites (N-methyl/N-ethyl adjacent to an activating group) is 1. The Bertz CT molecular complexity index is 713. The van der Waals surface area contributed by atoms with E-state index in [2.05, 4.69) is 39.2 Å². The number of hydrogen-bond donors (Lipinski definition) is 1. The van der Waals surface area contributed by atoms with Crippen LogP contribution in [0.25, 0.3) is 0 Å². The van der Waals surface area contributed by atoms with Crippen molar-refractivity contribution in [3.8, 4) is 0 Å². The van der Waals surface area contributed by atoms with Gasteiger partial charge in [-0.05, 0) is 38.6 Å². The van der Waals surface area contributed by atoms with E-state index in [1.165, 1.54) is 0 Å². The molecule has 1 aliphatic rings. The highest BCUT2D eigenvalue weighted by atomic mass is 16.5. The quantitative estimate of drug-likeness (QED) is 0.853. The van der Waals surface area contributed by atoms with E-state index in [-0.39, 0.29) is 5.91 Å². The number of amides is 1. The number of nitrogens with one attached hydrogen (secondary N) is 1. The zero-order chi connectivity index (χ0) is 18.4. The van der Waals surface area contributed by atoms with Crippen LogP contribution >= 0.6 is 0 Å². The molecule has 1 saturated heterocycles. The third-order valence-electron chi connectivity index (χ3n) is 4.59. The monoisotopic (exact) mass is 357 g/mol. The first kappa shape index (κ1) is 18.4. The van der Waals surface area contributed by atoms with E-state index in [0.717, 1.165) is 57.0 Å². The highest BCUT2D eigenvalue weighted by Gasteiger charge is 2.14. The number of rotatable bonds is 6. The van der Waals surface area contributed by atoms with E-state index in [0.29, 0.717) is 17.9 Å². The average Bonchev–Trinajstić information content (AvgIpc) is 2.99. The maximum atomic E-state index is 12.3. The van der Waals surface area contributed by atoms with Crippen LogP contribution in [-0.4, -0.2) is 54.2 Å². The summed E-state index contributed by atoms with van der Waals surface area (Å²) >= 11 is 0. The van der Waals surface area contributed by atoms with Crippen LogP contribution in [0.15, 0.2) is 28.9 Å². The molecular weight excluding hydrogens is 330 g/mol. The summed E-state index contributed by atoms with van der Waals surface area (Å²) in [6.07, 6.45) is 4.67. The number of carbonyl (C=O) groups is 1. The second-order valence-electron chi connectivity index (χ2n) is 6.77. The average molecular weight is 357 g/mol. The summed E-state index contributed by atoms with van der Waals surface area (Å²) in [7, 11) is 2.14. The first-order valence-electron chi connectivity index (χ1n) is 9.28. The molecule has 0 spiro atoms. The number of pyridine rings is 1. The molecular formula is C19H27N5O2. The van der Waals surface area contributed by atoms with Gasteiger partial charge in [0.05, 0.1) is 17.8 Å². The Hall–Kier alpha value is -2.41. The van der Waals surface area contributed by atoms with Crippen LogP contribution in [0.4, 0.5) is 5.82 Å². The molecule has 0 radical (unpaired) electrons. The molecule has 1 aliphatic heterocycles. The van der Waals surface area contributed by atoms with E-state index < -0.39 is 0 Å². The minimum absolute atomic E-state index is 0.159. The second kappa shape index (κ2) is 8.80. The summed E-state index contributed by atoms with van der Waals surface area (Å²) in [5.41, 5.74) is 1.47. The first-order valence-corrected chi connectivity index (χ1v) is 9.28. The Kier molecular flexibility index (Phi) is 6.22. The van der Waals surface area contributed by atoms with Gasteiger partial charge in [0.25, 0.3) is 5.91 Å². The van der Waals surface area contributed by atoms with Gasteiger partial charge in [0, 0.05) is 31.9 Å². The Morgan fingerprint density at radius 2 is 2.15 bits per heavy atom. The van der Waals surface area contributed by atoms with Crippen LogP contribution < -0.4 is 10.2 Å². The van der Waals surface area contributed by atoms with Gasteiger partial charge in [-0.2, -0.15) is 0 Å². The number of carbonyl (C=O) groups excluding carboxylic acids is 1. The van der Waals surface area contributed by atoms with E-state index in [4.69, 9.17) is 4.52 Å². The third-order valence-corrected chi connectivity index (χ3v) is 4.59. The molecule has 0 aromatic carbocycles.